The SMILES string of the molecule is CC.CC1(C(=O)O)Cc2ccccc2C1.Cc1cccc2c1CC(C)(C(=O)O)C2. The van der Waals surface area contributed by atoms with E-state index in [1.165, 1.54) is 27.8 Å². The zero-order valence-corrected chi connectivity index (χ0v) is 18.1. The predicted octanol–water partition coefficient (Wildman–Crippen LogP) is 5.09. The van der Waals surface area contributed by atoms with E-state index in [9.17, 15) is 9.59 Å². The van der Waals surface area contributed by atoms with E-state index in [2.05, 4.69) is 0 Å². The van der Waals surface area contributed by atoms with Crippen LogP contribution in [0.5, 0.6) is 0 Å². The largest absolute Gasteiger partial charge is 0.481 e. The summed E-state index contributed by atoms with van der Waals surface area (Å²) in [4.78, 5) is 22.1. The lowest BCUT2D eigenvalue weighted by Crippen LogP contribution is -2.27. The molecule has 29 heavy (non-hydrogen) atoms. The van der Waals surface area contributed by atoms with Crippen molar-refractivity contribution in [3.63, 3.8) is 0 Å². The van der Waals surface area contributed by atoms with Gasteiger partial charge < -0.3 is 10.2 Å². The van der Waals surface area contributed by atoms with Crippen LogP contribution in [-0.2, 0) is 35.3 Å². The Kier molecular flexibility index (Phi) is 6.89. The van der Waals surface area contributed by atoms with Gasteiger partial charge >= 0.3 is 11.9 Å². The van der Waals surface area contributed by atoms with Gasteiger partial charge in [0, 0.05) is 0 Å². The molecule has 2 aliphatic rings. The molecule has 0 radical (unpaired) electrons. The second-order valence-electron chi connectivity index (χ2n) is 8.42. The normalized spacial score (nSPS) is 20.3. The summed E-state index contributed by atoms with van der Waals surface area (Å²) >= 11 is 0. The monoisotopic (exact) mass is 396 g/mol. The first-order valence-corrected chi connectivity index (χ1v) is 10.3. The molecule has 1 unspecified atom stereocenters. The van der Waals surface area contributed by atoms with Crippen LogP contribution >= 0.6 is 0 Å². The molecule has 2 aliphatic carbocycles. The Morgan fingerprint density at radius 1 is 0.724 bits per heavy atom. The molecule has 0 aliphatic heterocycles. The standard InChI is InChI=1S/C12H14O2.C11H12O2.C2H6/c1-8-4-3-5-9-6-12(2,11(13)14)7-10(8)9;1-11(10(12)13)6-8-4-2-3-5-9(8)7-11;1-2/h3-5H,6-7H2,1-2H3,(H,13,14);2-5H,6-7H2,1H3,(H,12,13);1-2H3. The van der Waals surface area contributed by atoms with Crippen molar-refractivity contribution in [3.8, 4) is 0 Å². The van der Waals surface area contributed by atoms with Crippen LogP contribution in [0, 0.1) is 17.8 Å². The molecule has 2 aromatic rings. The summed E-state index contributed by atoms with van der Waals surface area (Å²) < 4.78 is 0. The minimum Gasteiger partial charge on any atom is -0.481 e. The molecule has 0 heterocycles. The van der Waals surface area contributed by atoms with Gasteiger partial charge in [-0.25, -0.2) is 0 Å². The zero-order valence-electron chi connectivity index (χ0n) is 18.1. The molecular formula is C25H32O4. The molecule has 2 aromatic carbocycles. The van der Waals surface area contributed by atoms with Crippen LogP contribution in [0.4, 0.5) is 0 Å². The Labute approximate surface area is 173 Å². The van der Waals surface area contributed by atoms with Crippen LogP contribution < -0.4 is 0 Å². The number of carbonyl (C=O) groups is 2. The van der Waals surface area contributed by atoms with Crippen LogP contribution in [0.3, 0.4) is 0 Å². The number of carboxylic acid groups (broad SMARTS) is 2. The molecule has 0 fully saturated rings. The van der Waals surface area contributed by atoms with Gasteiger partial charge in [0.15, 0.2) is 0 Å². The number of aryl methyl sites for hydroxylation is 1. The lowest BCUT2D eigenvalue weighted by molar-refractivity contribution is -0.148. The maximum atomic E-state index is 11.1. The van der Waals surface area contributed by atoms with Crippen molar-refractivity contribution in [2.75, 3.05) is 0 Å². The number of hydrogen-bond donors (Lipinski definition) is 2. The summed E-state index contributed by atoms with van der Waals surface area (Å²) in [6.45, 7) is 9.69. The van der Waals surface area contributed by atoms with E-state index < -0.39 is 22.8 Å². The minimum atomic E-state index is -0.691. The first-order chi connectivity index (χ1) is 13.6. The summed E-state index contributed by atoms with van der Waals surface area (Å²) in [5.74, 6) is -1.38. The summed E-state index contributed by atoms with van der Waals surface area (Å²) in [6, 6.07) is 14.1. The van der Waals surface area contributed by atoms with Crippen LogP contribution in [0.25, 0.3) is 0 Å². The van der Waals surface area contributed by atoms with Gasteiger partial charge in [-0.3, -0.25) is 9.59 Å². The van der Waals surface area contributed by atoms with E-state index >= 15 is 0 Å². The maximum Gasteiger partial charge on any atom is 0.310 e. The number of hydrogen-bond acceptors (Lipinski definition) is 2. The summed E-state index contributed by atoms with van der Waals surface area (Å²) in [5, 5.41) is 18.2. The highest BCUT2D eigenvalue weighted by atomic mass is 16.4. The Bertz CT molecular complexity index is 874. The van der Waals surface area contributed by atoms with Gasteiger partial charge in [-0.2, -0.15) is 0 Å². The third-order valence-corrected chi connectivity index (χ3v) is 5.97. The highest BCUT2D eigenvalue weighted by Gasteiger charge is 2.40. The van der Waals surface area contributed by atoms with Crippen molar-refractivity contribution in [3.05, 3.63) is 70.3 Å². The zero-order chi connectivity index (χ0) is 21.8. The third kappa shape index (κ3) is 4.69. The van der Waals surface area contributed by atoms with Crippen molar-refractivity contribution >= 4 is 11.9 Å². The molecule has 0 aromatic heterocycles. The van der Waals surface area contributed by atoms with Crippen molar-refractivity contribution < 1.29 is 19.8 Å². The molecule has 2 N–H and O–H groups in total. The van der Waals surface area contributed by atoms with Gasteiger partial charge in [0.05, 0.1) is 10.8 Å². The summed E-state index contributed by atoms with van der Waals surface area (Å²) in [6.07, 6.45) is 2.67. The van der Waals surface area contributed by atoms with Gasteiger partial charge in [0.25, 0.3) is 0 Å². The molecule has 4 nitrogen and oxygen atoms in total. The van der Waals surface area contributed by atoms with Gasteiger partial charge in [0.2, 0.25) is 0 Å². The van der Waals surface area contributed by atoms with Gasteiger partial charge in [-0.15, -0.1) is 0 Å². The van der Waals surface area contributed by atoms with E-state index in [4.69, 9.17) is 10.2 Å². The molecule has 156 valence electrons. The van der Waals surface area contributed by atoms with Crippen molar-refractivity contribution in [2.45, 2.75) is 60.3 Å². The average Bonchev–Trinajstić information content (AvgIpc) is 3.22. The van der Waals surface area contributed by atoms with E-state index in [0.29, 0.717) is 25.7 Å². The summed E-state index contributed by atoms with van der Waals surface area (Å²) in [7, 11) is 0. The maximum absolute atomic E-state index is 11.1. The number of aliphatic carboxylic acids is 2. The quantitative estimate of drug-likeness (QED) is 0.742. The third-order valence-electron chi connectivity index (χ3n) is 5.97. The van der Waals surface area contributed by atoms with E-state index in [1.54, 1.807) is 0 Å². The summed E-state index contributed by atoms with van der Waals surface area (Å²) in [5.41, 5.74) is 4.86. The molecule has 0 spiro atoms. The Hall–Kier alpha value is -2.62. The van der Waals surface area contributed by atoms with Crippen LogP contribution in [0.2, 0.25) is 0 Å². The number of benzene rings is 2. The van der Waals surface area contributed by atoms with Crippen molar-refractivity contribution in [1.29, 1.82) is 0 Å². The lowest BCUT2D eigenvalue weighted by Gasteiger charge is -2.16. The fourth-order valence-electron chi connectivity index (χ4n) is 4.16. The van der Waals surface area contributed by atoms with E-state index in [-0.39, 0.29) is 0 Å². The lowest BCUT2D eigenvalue weighted by atomic mass is 9.87. The first-order valence-electron chi connectivity index (χ1n) is 10.3. The second-order valence-corrected chi connectivity index (χ2v) is 8.42. The van der Waals surface area contributed by atoms with Gasteiger partial charge in [-0.1, -0.05) is 56.3 Å². The van der Waals surface area contributed by atoms with Gasteiger partial charge in [-0.05, 0) is 74.3 Å². The molecule has 0 saturated carbocycles. The molecular weight excluding hydrogens is 364 g/mol. The number of fused-ring (bicyclic) bond motifs is 2. The second kappa shape index (κ2) is 8.81. The minimum absolute atomic E-state index is 0.580. The van der Waals surface area contributed by atoms with Crippen molar-refractivity contribution in [1.82, 2.24) is 0 Å². The topological polar surface area (TPSA) is 74.6 Å². The Morgan fingerprint density at radius 3 is 1.59 bits per heavy atom. The Balaban J connectivity index is 0.000000191. The molecule has 1 atom stereocenters. The first kappa shape index (κ1) is 22.7. The molecule has 0 bridgehead atoms. The molecule has 4 rings (SSSR count). The highest BCUT2D eigenvalue weighted by Crippen LogP contribution is 2.38. The van der Waals surface area contributed by atoms with Crippen LogP contribution in [0.1, 0.15) is 55.5 Å². The van der Waals surface area contributed by atoms with E-state index in [1.807, 2.05) is 77.1 Å². The predicted molar refractivity (Wildman–Crippen MR) is 115 cm³/mol. The molecule has 0 amide bonds. The fraction of sp³-hybridized carbons (Fsp3) is 0.440. The number of carboxylic acids is 2. The van der Waals surface area contributed by atoms with Crippen LogP contribution in [0.15, 0.2) is 42.5 Å². The van der Waals surface area contributed by atoms with Crippen molar-refractivity contribution in [2.24, 2.45) is 10.8 Å². The average molecular weight is 397 g/mol. The smallest absolute Gasteiger partial charge is 0.310 e. The molecule has 4 heteroatoms. The molecule has 0 saturated heterocycles. The van der Waals surface area contributed by atoms with E-state index in [0.717, 1.165) is 0 Å². The fourth-order valence-corrected chi connectivity index (χ4v) is 4.16. The van der Waals surface area contributed by atoms with Gasteiger partial charge in [0.1, 0.15) is 0 Å². The van der Waals surface area contributed by atoms with Crippen LogP contribution in [-0.4, -0.2) is 22.2 Å². The number of rotatable bonds is 2. The highest BCUT2D eigenvalue weighted by molar-refractivity contribution is 5.77. The Morgan fingerprint density at radius 2 is 1.14 bits per heavy atom.